The van der Waals surface area contributed by atoms with Crippen molar-refractivity contribution < 1.29 is 23.0 Å². The summed E-state index contributed by atoms with van der Waals surface area (Å²) >= 11 is 0. The smallest absolute Gasteiger partial charge is 0.166 e. The number of hydrogen-bond acceptors (Lipinski definition) is 2. The molecule has 0 radical (unpaired) electrons. The lowest BCUT2D eigenvalue weighted by Gasteiger charge is -2.22. The van der Waals surface area contributed by atoms with Gasteiger partial charge in [0.15, 0.2) is 23.2 Å². The number of benzene rings is 3. The molecule has 1 atom stereocenters. The highest BCUT2D eigenvalue weighted by molar-refractivity contribution is 5.67. The van der Waals surface area contributed by atoms with Crippen molar-refractivity contribution in [3.63, 3.8) is 0 Å². The molecule has 178 valence electrons. The zero-order valence-corrected chi connectivity index (χ0v) is 19.3. The van der Waals surface area contributed by atoms with Crippen LogP contribution in [0.1, 0.15) is 49.3 Å². The maximum atomic E-state index is 14.8. The van der Waals surface area contributed by atoms with Crippen LogP contribution in [-0.2, 0) is 13.0 Å². The van der Waals surface area contributed by atoms with E-state index in [0.717, 1.165) is 42.4 Å². The molecule has 1 unspecified atom stereocenters. The maximum Gasteiger partial charge on any atom is 0.166 e. The van der Waals surface area contributed by atoms with Crippen LogP contribution in [0.15, 0.2) is 60.7 Å². The first-order valence-corrected chi connectivity index (χ1v) is 11.8. The van der Waals surface area contributed by atoms with Crippen LogP contribution in [0.4, 0.5) is 13.2 Å². The Labute approximate surface area is 198 Å². The van der Waals surface area contributed by atoms with Gasteiger partial charge in [0.1, 0.15) is 0 Å². The van der Waals surface area contributed by atoms with Gasteiger partial charge in [0.05, 0.1) is 13.2 Å². The molecular formula is C29H29F3O2. The van der Waals surface area contributed by atoms with Gasteiger partial charge in [-0.05, 0) is 84.9 Å². The van der Waals surface area contributed by atoms with Gasteiger partial charge >= 0.3 is 0 Å². The zero-order chi connectivity index (χ0) is 24.1. The monoisotopic (exact) mass is 466 g/mol. The van der Waals surface area contributed by atoms with Gasteiger partial charge in [-0.1, -0.05) is 48.5 Å². The van der Waals surface area contributed by atoms with Gasteiger partial charge in [0, 0.05) is 5.56 Å². The van der Waals surface area contributed by atoms with Crippen molar-refractivity contribution in [1.29, 1.82) is 0 Å². The lowest BCUT2D eigenvalue weighted by molar-refractivity contribution is 0.282. The summed E-state index contributed by atoms with van der Waals surface area (Å²) in [4.78, 5) is 0. The molecule has 0 fully saturated rings. The largest absolute Gasteiger partial charge is 0.491 e. The Bertz CT molecular complexity index is 1170. The second-order valence-electron chi connectivity index (χ2n) is 8.74. The molecular weight excluding hydrogens is 437 g/mol. The van der Waals surface area contributed by atoms with Crippen LogP contribution in [0.5, 0.6) is 5.75 Å². The molecule has 5 heteroatoms. The van der Waals surface area contributed by atoms with E-state index in [1.165, 1.54) is 6.07 Å². The van der Waals surface area contributed by atoms with E-state index < -0.39 is 11.6 Å². The average Bonchev–Trinajstić information content (AvgIpc) is 2.87. The third-order valence-electron chi connectivity index (χ3n) is 6.55. The minimum atomic E-state index is -0.836. The Morgan fingerprint density at radius 2 is 1.71 bits per heavy atom. The predicted octanol–water partition coefficient (Wildman–Crippen LogP) is 7.48. The molecule has 0 spiro atoms. The summed E-state index contributed by atoms with van der Waals surface area (Å²) in [6, 6.07) is 15.1. The Kier molecular flexibility index (Phi) is 7.73. The number of allylic oxidation sites excluding steroid dienone is 2. The quantitative estimate of drug-likeness (QED) is 0.373. The molecule has 1 N–H and O–H groups in total. The highest BCUT2D eigenvalue weighted by Gasteiger charge is 2.19. The van der Waals surface area contributed by atoms with Crippen LogP contribution >= 0.6 is 0 Å². The van der Waals surface area contributed by atoms with Crippen LogP contribution in [-0.4, -0.2) is 11.7 Å². The summed E-state index contributed by atoms with van der Waals surface area (Å²) in [6.45, 7) is 2.15. The first-order chi connectivity index (χ1) is 16.5. The predicted molar refractivity (Wildman–Crippen MR) is 129 cm³/mol. The number of aryl methyl sites for hydroxylation is 1. The van der Waals surface area contributed by atoms with E-state index >= 15 is 0 Å². The third-order valence-corrected chi connectivity index (χ3v) is 6.55. The molecule has 3 aromatic rings. The standard InChI is InChI=1S/C29H29F3O2/c1-2-34-27-16-14-24(17-26(27)30)21-8-3-19(4-9-21)5-12-23-13-15-25(29(32)28(23)31)22-10-6-20(18-33)7-11-22/h6-8,10-11,13-17,19,33H,2-5,9,12,18H2,1H3. The molecule has 3 aromatic carbocycles. The molecule has 34 heavy (non-hydrogen) atoms. The van der Waals surface area contributed by atoms with E-state index in [-0.39, 0.29) is 23.7 Å². The van der Waals surface area contributed by atoms with Crippen molar-refractivity contribution in [2.45, 2.75) is 45.6 Å². The van der Waals surface area contributed by atoms with E-state index in [1.807, 2.05) is 13.0 Å². The van der Waals surface area contributed by atoms with Gasteiger partial charge in [0.25, 0.3) is 0 Å². The summed E-state index contributed by atoms with van der Waals surface area (Å²) in [7, 11) is 0. The molecule has 0 bridgehead atoms. The molecule has 1 aliphatic rings. The molecule has 0 saturated carbocycles. The van der Waals surface area contributed by atoms with Gasteiger partial charge in [-0.15, -0.1) is 0 Å². The van der Waals surface area contributed by atoms with Gasteiger partial charge in [-0.3, -0.25) is 0 Å². The molecule has 1 aliphatic carbocycles. The number of aliphatic hydroxyl groups is 1. The molecule has 0 aliphatic heterocycles. The van der Waals surface area contributed by atoms with Crippen LogP contribution in [0, 0.1) is 23.4 Å². The van der Waals surface area contributed by atoms with Crippen molar-refractivity contribution in [2.75, 3.05) is 6.61 Å². The molecule has 0 aromatic heterocycles. The highest BCUT2D eigenvalue weighted by Crippen LogP contribution is 2.35. The van der Waals surface area contributed by atoms with Crippen LogP contribution in [0.3, 0.4) is 0 Å². The summed E-state index contributed by atoms with van der Waals surface area (Å²) in [5, 5.41) is 9.15. The van der Waals surface area contributed by atoms with Crippen LogP contribution in [0.25, 0.3) is 16.7 Å². The van der Waals surface area contributed by atoms with Crippen molar-refractivity contribution in [2.24, 2.45) is 5.92 Å². The summed E-state index contributed by atoms with van der Waals surface area (Å²) < 4.78 is 49.0. The van der Waals surface area contributed by atoms with E-state index in [4.69, 9.17) is 9.84 Å². The minimum absolute atomic E-state index is 0.0923. The lowest BCUT2D eigenvalue weighted by Crippen LogP contribution is -2.08. The number of halogens is 3. The Hall–Kier alpha value is -3.05. The highest BCUT2D eigenvalue weighted by atomic mass is 19.2. The molecule has 0 amide bonds. The molecule has 0 heterocycles. The van der Waals surface area contributed by atoms with E-state index in [2.05, 4.69) is 6.08 Å². The van der Waals surface area contributed by atoms with E-state index in [1.54, 1.807) is 42.5 Å². The SMILES string of the molecule is CCOc1ccc(C2=CCC(CCc3ccc(-c4ccc(CO)cc4)c(F)c3F)CC2)cc1F. The van der Waals surface area contributed by atoms with Crippen LogP contribution < -0.4 is 4.74 Å². The normalized spacial score (nSPS) is 15.8. The van der Waals surface area contributed by atoms with Crippen molar-refractivity contribution >= 4 is 5.57 Å². The Morgan fingerprint density at radius 3 is 2.35 bits per heavy atom. The second-order valence-corrected chi connectivity index (χ2v) is 8.74. The van der Waals surface area contributed by atoms with Crippen LogP contribution in [0.2, 0.25) is 0 Å². The first-order valence-electron chi connectivity index (χ1n) is 11.8. The van der Waals surface area contributed by atoms with Gasteiger partial charge in [-0.2, -0.15) is 0 Å². The Balaban J connectivity index is 1.38. The Morgan fingerprint density at radius 1 is 0.941 bits per heavy atom. The van der Waals surface area contributed by atoms with Gasteiger partial charge in [-0.25, -0.2) is 13.2 Å². The van der Waals surface area contributed by atoms with E-state index in [9.17, 15) is 13.2 Å². The van der Waals surface area contributed by atoms with Crippen molar-refractivity contribution in [1.82, 2.24) is 0 Å². The number of hydrogen-bond donors (Lipinski definition) is 1. The topological polar surface area (TPSA) is 29.5 Å². The maximum absolute atomic E-state index is 14.8. The summed E-state index contributed by atoms with van der Waals surface area (Å²) in [5.41, 5.74) is 3.90. The summed E-state index contributed by atoms with van der Waals surface area (Å²) in [5.74, 6) is -1.33. The average molecular weight is 467 g/mol. The van der Waals surface area contributed by atoms with Gasteiger partial charge < -0.3 is 9.84 Å². The lowest BCUT2D eigenvalue weighted by atomic mass is 9.83. The molecule has 2 nitrogen and oxygen atoms in total. The molecule has 4 rings (SSSR count). The van der Waals surface area contributed by atoms with Crippen molar-refractivity contribution in [3.8, 4) is 16.9 Å². The molecule has 0 saturated heterocycles. The van der Waals surface area contributed by atoms with Crippen molar-refractivity contribution in [3.05, 3.63) is 94.8 Å². The second kappa shape index (κ2) is 10.9. The fourth-order valence-electron chi connectivity index (χ4n) is 4.54. The fourth-order valence-corrected chi connectivity index (χ4v) is 4.54. The first kappa shape index (κ1) is 24.1. The number of aliphatic hydroxyl groups excluding tert-OH is 1. The van der Waals surface area contributed by atoms with Gasteiger partial charge in [0.2, 0.25) is 0 Å². The van der Waals surface area contributed by atoms with E-state index in [0.29, 0.717) is 30.1 Å². The third kappa shape index (κ3) is 5.36. The fraction of sp³-hybridized carbons (Fsp3) is 0.310. The summed E-state index contributed by atoms with van der Waals surface area (Å²) in [6.07, 6.45) is 5.97. The number of ether oxygens (including phenoxy) is 1. The number of rotatable bonds is 8. The zero-order valence-electron chi connectivity index (χ0n) is 19.3. The minimum Gasteiger partial charge on any atom is -0.491 e.